The molecule has 2 aliphatic rings. The van der Waals surface area contributed by atoms with E-state index in [-0.39, 0.29) is 16.3 Å². The van der Waals surface area contributed by atoms with Crippen LogP contribution in [-0.2, 0) is 22.0 Å². The highest BCUT2D eigenvalue weighted by Crippen LogP contribution is 2.44. The zero-order valence-electron chi connectivity index (χ0n) is 25.7. The number of unbranched alkanes of at least 4 members (excludes halogenated alkanes) is 5. The molecule has 1 N–H and O–H groups in total. The maximum absolute atomic E-state index is 6.85. The molecule has 1 saturated carbocycles. The number of hydrogen-bond donors (Lipinski definition) is 1. The van der Waals surface area contributed by atoms with Gasteiger partial charge in [-0.15, -0.1) is 0 Å². The second-order valence-electron chi connectivity index (χ2n) is 14.4. The molecular formula is C33H59NO2Si. The Morgan fingerprint density at radius 1 is 0.919 bits per heavy atom. The van der Waals surface area contributed by atoms with Crippen molar-refractivity contribution in [3.8, 4) is 0 Å². The van der Waals surface area contributed by atoms with E-state index in [2.05, 4.69) is 84.2 Å². The van der Waals surface area contributed by atoms with Crippen LogP contribution in [0, 0.1) is 11.8 Å². The molecule has 1 aromatic rings. The number of aryl methyl sites for hydroxylation is 2. The molecule has 1 aliphatic carbocycles. The van der Waals surface area contributed by atoms with Gasteiger partial charge in [-0.1, -0.05) is 97.9 Å². The van der Waals surface area contributed by atoms with Crippen LogP contribution < -0.4 is 5.32 Å². The summed E-state index contributed by atoms with van der Waals surface area (Å²) in [7, 11) is -1.84. The number of ether oxygens (including phenoxy) is 1. The fourth-order valence-electron chi connectivity index (χ4n) is 6.30. The lowest BCUT2D eigenvalue weighted by Crippen LogP contribution is -2.58. The molecule has 0 aromatic heterocycles. The van der Waals surface area contributed by atoms with Gasteiger partial charge in [-0.25, -0.2) is 0 Å². The Morgan fingerprint density at radius 2 is 1.49 bits per heavy atom. The molecule has 1 aromatic carbocycles. The van der Waals surface area contributed by atoms with Gasteiger partial charge in [0.1, 0.15) is 5.72 Å². The minimum absolute atomic E-state index is 0.108. The van der Waals surface area contributed by atoms with E-state index in [4.69, 9.17) is 9.16 Å². The van der Waals surface area contributed by atoms with Crippen molar-refractivity contribution in [1.82, 2.24) is 5.32 Å². The van der Waals surface area contributed by atoms with Gasteiger partial charge in [-0.2, -0.15) is 0 Å². The number of nitrogens with one attached hydrogen (secondary N) is 1. The van der Waals surface area contributed by atoms with Gasteiger partial charge in [0, 0.05) is 0 Å². The molecule has 3 rings (SSSR count). The van der Waals surface area contributed by atoms with Crippen molar-refractivity contribution in [3.05, 3.63) is 35.4 Å². The van der Waals surface area contributed by atoms with Crippen molar-refractivity contribution in [3.63, 3.8) is 0 Å². The van der Waals surface area contributed by atoms with Crippen LogP contribution in [0.2, 0.25) is 18.1 Å². The minimum Gasteiger partial charge on any atom is -0.415 e. The SMILES string of the molecule is CCCCCCCCc1ccc(CCC2(CO[Si](C)(C)C(C)(C)C)COC3(C[C@H](C)C[C@H](C)C3)N2)cc1. The first-order valence-electron chi connectivity index (χ1n) is 15.5. The molecule has 1 aliphatic heterocycles. The maximum atomic E-state index is 6.85. The minimum atomic E-state index is -1.84. The van der Waals surface area contributed by atoms with Crippen molar-refractivity contribution < 1.29 is 9.16 Å². The number of rotatable bonds is 13. The highest BCUT2D eigenvalue weighted by Gasteiger charge is 2.52. The van der Waals surface area contributed by atoms with Gasteiger partial charge in [0.05, 0.1) is 18.8 Å². The normalized spacial score (nSPS) is 28.8. The second-order valence-corrected chi connectivity index (χ2v) is 19.2. The van der Waals surface area contributed by atoms with E-state index >= 15 is 0 Å². The Labute approximate surface area is 231 Å². The van der Waals surface area contributed by atoms with E-state index in [9.17, 15) is 0 Å². The zero-order valence-corrected chi connectivity index (χ0v) is 26.7. The smallest absolute Gasteiger partial charge is 0.192 e. The first-order valence-corrected chi connectivity index (χ1v) is 18.4. The summed E-state index contributed by atoms with van der Waals surface area (Å²) in [5, 5.41) is 4.32. The molecule has 1 spiro atoms. The Bertz CT molecular complexity index is 805. The zero-order chi connectivity index (χ0) is 27.2. The summed E-state index contributed by atoms with van der Waals surface area (Å²) in [5.74, 6) is 1.40. The van der Waals surface area contributed by atoms with Gasteiger partial charge in [0.2, 0.25) is 0 Å². The lowest BCUT2D eigenvalue weighted by Gasteiger charge is -2.43. The van der Waals surface area contributed by atoms with Crippen molar-refractivity contribution in [2.75, 3.05) is 13.2 Å². The van der Waals surface area contributed by atoms with E-state index in [1.165, 1.54) is 62.5 Å². The van der Waals surface area contributed by atoms with Crippen LogP contribution in [0.3, 0.4) is 0 Å². The standard InChI is InChI=1S/C33H59NO2Si/c1-9-10-11-12-13-14-15-29-16-18-30(19-17-29)20-21-32(26-36-37(7,8)31(4,5)6)25-35-33(34-32)23-27(2)22-28(3)24-33/h16-19,27-28,34H,9-15,20-26H2,1-8H3/t27-,28+,32?,33?. The summed E-state index contributed by atoms with van der Waals surface area (Å²) in [5.41, 5.74) is 2.64. The van der Waals surface area contributed by atoms with Crippen LogP contribution in [0.1, 0.15) is 117 Å². The van der Waals surface area contributed by atoms with Crippen molar-refractivity contribution in [1.29, 1.82) is 0 Å². The number of hydrogen-bond acceptors (Lipinski definition) is 3. The molecule has 0 radical (unpaired) electrons. The molecule has 1 heterocycles. The van der Waals surface area contributed by atoms with Crippen LogP contribution in [0.5, 0.6) is 0 Å². The third-order valence-corrected chi connectivity index (χ3v) is 14.0. The summed E-state index contributed by atoms with van der Waals surface area (Å²) in [6, 6.07) is 9.46. The summed E-state index contributed by atoms with van der Waals surface area (Å²) < 4.78 is 13.6. The average Bonchev–Trinajstić information content (AvgIpc) is 3.15. The lowest BCUT2D eigenvalue weighted by molar-refractivity contribution is -0.0660. The monoisotopic (exact) mass is 529 g/mol. The van der Waals surface area contributed by atoms with E-state index in [1.807, 2.05) is 0 Å². The molecule has 2 unspecified atom stereocenters. The van der Waals surface area contributed by atoms with Gasteiger partial charge >= 0.3 is 0 Å². The van der Waals surface area contributed by atoms with Gasteiger partial charge in [0.15, 0.2) is 8.32 Å². The maximum Gasteiger partial charge on any atom is 0.192 e. The molecule has 4 atom stereocenters. The van der Waals surface area contributed by atoms with Crippen LogP contribution in [0.25, 0.3) is 0 Å². The quantitative estimate of drug-likeness (QED) is 0.204. The second kappa shape index (κ2) is 13.1. The Morgan fingerprint density at radius 3 is 2.08 bits per heavy atom. The highest BCUT2D eigenvalue weighted by molar-refractivity contribution is 6.74. The Kier molecular flexibility index (Phi) is 10.9. The molecule has 3 nitrogen and oxygen atoms in total. The Balaban J connectivity index is 1.62. The topological polar surface area (TPSA) is 30.5 Å². The van der Waals surface area contributed by atoms with E-state index in [0.717, 1.165) is 38.9 Å². The van der Waals surface area contributed by atoms with Gasteiger partial charge < -0.3 is 9.16 Å². The highest BCUT2D eigenvalue weighted by atomic mass is 28.4. The van der Waals surface area contributed by atoms with Crippen LogP contribution in [-0.4, -0.2) is 32.8 Å². The third kappa shape index (κ3) is 8.91. The van der Waals surface area contributed by atoms with Crippen LogP contribution in [0.15, 0.2) is 24.3 Å². The molecule has 0 bridgehead atoms. The third-order valence-electron chi connectivity index (χ3n) is 9.53. The van der Waals surface area contributed by atoms with Crippen LogP contribution in [0.4, 0.5) is 0 Å². The molecule has 4 heteroatoms. The van der Waals surface area contributed by atoms with Gasteiger partial charge in [-0.05, 0) is 86.0 Å². The Hall–Kier alpha value is -0.683. The van der Waals surface area contributed by atoms with Gasteiger partial charge in [-0.3, -0.25) is 5.32 Å². The first-order chi connectivity index (χ1) is 17.4. The predicted molar refractivity (Wildman–Crippen MR) is 162 cm³/mol. The number of benzene rings is 1. The summed E-state index contributed by atoms with van der Waals surface area (Å²) in [6.07, 6.45) is 15.1. The van der Waals surface area contributed by atoms with Crippen molar-refractivity contribution in [2.45, 2.75) is 148 Å². The summed E-state index contributed by atoms with van der Waals surface area (Å²) >= 11 is 0. The fourth-order valence-corrected chi connectivity index (χ4v) is 7.37. The van der Waals surface area contributed by atoms with Crippen molar-refractivity contribution in [2.24, 2.45) is 11.8 Å². The van der Waals surface area contributed by atoms with E-state index in [1.54, 1.807) is 0 Å². The molecule has 1 saturated heterocycles. The van der Waals surface area contributed by atoms with Crippen molar-refractivity contribution >= 4 is 8.32 Å². The van der Waals surface area contributed by atoms with E-state index < -0.39 is 8.32 Å². The van der Waals surface area contributed by atoms with E-state index in [0.29, 0.717) is 11.8 Å². The molecule has 37 heavy (non-hydrogen) atoms. The van der Waals surface area contributed by atoms with Crippen LogP contribution >= 0.6 is 0 Å². The largest absolute Gasteiger partial charge is 0.415 e. The first kappa shape index (κ1) is 30.9. The average molecular weight is 530 g/mol. The molecule has 0 amide bonds. The molecular weight excluding hydrogens is 470 g/mol. The molecule has 2 fully saturated rings. The summed E-state index contributed by atoms with van der Waals surface area (Å²) in [4.78, 5) is 0. The summed E-state index contributed by atoms with van der Waals surface area (Å²) in [6.45, 7) is 20.3. The lowest BCUT2D eigenvalue weighted by atomic mass is 9.77. The molecule has 212 valence electrons. The van der Waals surface area contributed by atoms with Gasteiger partial charge in [0.25, 0.3) is 0 Å². The fraction of sp³-hybridized carbons (Fsp3) is 0.818. The predicted octanol–water partition coefficient (Wildman–Crippen LogP) is 9.06.